The topological polar surface area (TPSA) is 105 Å². The van der Waals surface area contributed by atoms with Crippen LogP contribution in [0.5, 0.6) is 0 Å². The molecule has 1 amide bonds. The number of carbonyl (C=O) groups is 1. The number of aliphatic hydroxyl groups is 1. The smallest absolute Gasteiger partial charge is 0.243 e. The molecule has 0 radical (unpaired) electrons. The lowest BCUT2D eigenvalue weighted by molar-refractivity contribution is -0.146. The monoisotopic (exact) mass is 560 g/mol. The Balaban J connectivity index is 1.42. The summed E-state index contributed by atoms with van der Waals surface area (Å²) in [5.41, 5.74) is 0.802. The molecule has 2 N–H and O–H groups in total. The number of nitrogens with zero attached hydrogens (tertiary/aromatic N) is 1. The Morgan fingerprint density at radius 3 is 2.58 bits per heavy atom. The quantitative estimate of drug-likeness (QED) is 0.562. The summed E-state index contributed by atoms with van der Waals surface area (Å²) in [6.07, 6.45) is -1.14. The summed E-state index contributed by atoms with van der Waals surface area (Å²) in [4.78, 5) is 12.5. The molecule has 2 aliphatic heterocycles. The highest BCUT2D eigenvalue weighted by atomic mass is 35.5. The van der Waals surface area contributed by atoms with Gasteiger partial charge in [0.05, 0.1) is 58.9 Å². The molecule has 4 rings (SSSR count). The first-order valence-corrected chi connectivity index (χ1v) is 13.7. The lowest BCUT2D eigenvalue weighted by Gasteiger charge is -2.43. The molecule has 0 spiro atoms. The second kappa shape index (κ2) is 11.7. The summed E-state index contributed by atoms with van der Waals surface area (Å²) in [5.74, 6) is -0.767. The average Bonchev–Trinajstić information content (AvgIpc) is 2.83. The molecule has 0 unspecified atom stereocenters. The van der Waals surface area contributed by atoms with Crippen LogP contribution >= 0.6 is 23.2 Å². The third kappa shape index (κ3) is 6.55. The largest absolute Gasteiger partial charge is 0.389 e. The van der Waals surface area contributed by atoms with Gasteiger partial charge in [-0.3, -0.25) is 4.79 Å². The fraction of sp³-hybridized carbons (Fsp3) is 0.458. The third-order valence-electron chi connectivity index (χ3n) is 6.24. The number of amides is 1. The number of fused-ring (bicyclic) bond motifs is 1. The lowest BCUT2D eigenvalue weighted by Crippen LogP contribution is -2.57. The summed E-state index contributed by atoms with van der Waals surface area (Å²) < 4.78 is 53.1. The number of nitrogens with one attached hydrogen (secondary N) is 1. The second-order valence-corrected chi connectivity index (χ2v) is 11.6. The number of hydrogen-bond acceptors (Lipinski definition) is 6. The Kier molecular flexibility index (Phi) is 8.87. The first-order valence-electron chi connectivity index (χ1n) is 11.5. The molecule has 2 fully saturated rings. The highest BCUT2D eigenvalue weighted by molar-refractivity contribution is 7.89. The van der Waals surface area contributed by atoms with Gasteiger partial charge in [-0.2, -0.15) is 4.31 Å². The van der Waals surface area contributed by atoms with E-state index in [1.807, 2.05) is 0 Å². The molecule has 2 aliphatic rings. The van der Waals surface area contributed by atoms with Crippen LogP contribution in [0.15, 0.2) is 47.4 Å². The van der Waals surface area contributed by atoms with E-state index in [2.05, 4.69) is 5.32 Å². The fourth-order valence-corrected chi connectivity index (χ4v) is 6.48. The van der Waals surface area contributed by atoms with Crippen molar-refractivity contribution in [2.75, 3.05) is 19.8 Å². The van der Waals surface area contributed by atoms with Gasteiger partial charge < -0.3 is 19.9 Å². The lowest BCUT2D eigenvalue weighted by atomic mass is 9.96. The molecule has 36 heavy (non-hydrogen) atoms. The van der Waals surface area contributed by atoms with Crippen LogP contribution in [-0.4, -0.2) is 67.8 Å². The highest BCUT2D eigenvalue weighted by Crippen LogP contribution is 2.31. The molecule has 0 saturated carbocycles. The van der Waals surface area contributed by atoms with E-state index >= 15 is 0 Å². The van der Waals surface area contributed by atoms with E-state index in [-0.39, 0.29) is 43.5 Å². The summed E-state index contributed by atoms with van der Waals surface area (Å²) >= 11 is 11.9. The van der Waals surface area contributed by atoms with E-state index in [0.29, 0.717) is 22.9 Å². The van der Waals surface area contributed by atoms with Crippen LogP contribution in [-0.2, 0) is 30.8 Å². The molecule has 0 bridgehead atoms. The fourth-order valence-electron chi connectivity index (χ4n) is 4.44. The maximum absolute atomic E-state index is 13.4. The molecule has 8 nitrogen and oxygen atoms in total. The minimum Gasteiger partial charge on any atom is -0.389 e. The number of hydrogen-bond donors (Lipinski definition) is 2. The zero-order valence-electron chi connectivity index (χ0n) is 19.3. The van der Waals surface area contributed by atoms with Gasteiger partial charge in [0.2, 0.25) is 15.9 Å². The Bertz CT molecular complexity index is 1180. The average molecular weight is 561 g/mol. The van der Waals surface area contributed by atoms with Crippen molar-refractivity contribution in [2.24, 2.45) is 0 Å². The highest BCUT2D eigenvalue weighted by Gasteiger charge is 2.43. The van der Waals surface area contributed by atoms with Gasteiger partial charge >= 0.3 is 0 Å². The van der Waals surface area contributed by atoms with Gasteiger partial charge in [-0.1, -0.05) is 29.3 Å². The van der Waals surface area contributed by atoms with Gasteiger partial charge in [0.25, 0.3) is 0 Å². The van der Waals surface area contributed by atoms with E-state index < -0.39 is 40.2 Å². The summed E-state index contributed by atoms with van der Waals surface area (Å²) in [6.45, 7) is 0.105. The van der Waals surface area contributed by atoms with Crippen LogP contribution in [0.1, 0.15) is 24.8 Å². The normalized spacial score (nSPS) is 25.4. The number of carbonyl (C=O) groups excluding carboxylic acids is 1. The number of halogens is 3. The third-order valence-corrected chi connectivity index (χ3v) is 8.88. The van der Waals surface area contributed by atoms with Crippen LogP contribution in [0.4, 0.5) is 4.39 Å². The molecular weight excluding hydrogens is 534 g/mol. The molecule has 4 atom stereocenters. The van der Waals surface area contributed by atoms with Crippen LogP contribution in [0.25, 0.3) is 0 Å². The number of β-amino-alcohol motifs (C(OH)–C–C–N with tert-alkyl or cyclic N) is 1. The van der Waals surface area contributed by atoms with Gasteiger partial charge in [0.1, 0.15) is 5.82 Å². The predicted octanol–water partition coefficient (Wildman–Crippen LogP) is 3.14. The molecule has 2 saturated heterocycles. The van der Waals surface area contributed by atoms with Crippen LogP contribution in [0.2, 0.25) is 10.0 Å². The van der Waals surface area contributed by atoms with E-state index in [9.17, 15) is 22.7 Å². The van der Waals surface area contributed by atoms with E-state index in [1.165, 1.54) is 16.4 Å². The molecule has 196 valence electrons. The second-order valence-electron chi connectivity index (χ2n) is 8.89. The van der Waals surface area contributed by atoms with Crippen molar-refractivity contribution in [3.05, 3.63) is 63.9 Å². The zero-order chi connectivity index (χ0) is 25.9. The number of aliphatic hydroxyl groups excluding tert-OH is 1. The first-order chi connectivity index (χ1) is 17.1. The zero-order valence-corrected chi connectivity index (χ0v) is 21.6. The molecule has 2 heterocycles. The van der Waals surface area contributed by atoms with Crippen LogP contribution in [0, 0.1) is 5.82 Å². The molecule has 0 aliphatic carbocycles. The van der Waals surface area contributed by atoms with Crippen molar-refractivity contribution in [3.8, 4) is 0 Å². The van der Waals surface area contributed by atoms with Crippen molar-refractivity contribution in [1.82, 2.24) is 9.62 Å². The van der Waals surface area contributed by atoms with Crippen LogP contribution in [0.3, 0.4) is 0 Å². The summed E-state index contributed by atoms with van der Waals surface area (Å²) in [6, 6.07) is 9.07. The predicted molar refractivity (Wildman–Crippen MR) is 132 cm³/mol. The van der Waals surface area contributed by atoms with Crippen molar-refractivity contribution in [1.29, 1.82) is 0 Å². The van der Waals surface area contributed by atoms with Gasteiger partial charge in [-0.15, -0.1) is 0 Å². The Morgan fingerprint density at radius 2 is 1.86 bits per heavy atom. The maximum atomic E-state index is 13.4. The van der Waals surface area contributed by atoms with Crippen molar-refractivity contribution in [2.45, 2.75) is 55.1 Å². The molecule has 12 heteroatoms. The van der Waals surface area contributed by atoms with Gasteiger partial charge in [-0.05, 0) is 54.8 Å². The van der Waals surface area contributed by atoms with Crippen molar-refractivity contribution in [3.63, 3.8) is 0 Å². The van der Waals surface area contributed by atoms with E-state index in [1.54, 1.807) is 18.2 Å². The Morgan fingerprint density at radius 1 is 1.11 bits per heavy atom. The van der Waals surface area contributed by atoms with Crippen molar-refractivity contribution >= 4 is 39.1 Å². The SMILES string of the molecule is O=C(C[C@H]1CC[C@@H]2[C@H](COC[C@@H](O)CN2S(=O)(=O)c2ccc(F)cc2)O1)NCc1ccc(Cl)c(Cl)c1. The number of ether oxygens (including phenoxy) is 2. The summed E-state index contributed by atoms with van der Waals surface area (Å²) in [5, 5.41) is 13.9. The molecular formula is C24H27Cl2FN2O6S. The van der Waals surface area contributed by atoms with E-state index in [4.69, 9.17) is 32.7 Å². The van der Waals surface area contributed by atoms with Gasteiger partial charge in [0, 0.05) is 13.1 Å². The Labute approximate surface area is 219 Å². The maximum Gasteiger partial charge on any atom is 0.243 e. The molecule has 2 aromatic carbocycles. The number of benzene rings is 2. The number of sulfonamides is 1. The van der Waals surface area contributed by atoms with Gasteiger partial charge in [-0.25, -0.2) is 12.8 Å². The molecule has 0 aromatic heterocycles. The molecule has 2 aromatic rings. The van der Waals surface area contributed by atoms with E-state index in [0.717, 1.165) is 17.7 Å². The van der Waals surface area contributed by atoms with Gasteiger partial charge in [0.15, 0.2) is 0 Å². The first kappa shape index (κ1) is 27.3. The van der Waals surface area contributed by atoms with Crippen molar-refractivity contribution < 1.29 is 32.2 Å². The summed E-state index contributed by atoms with van der Waals surface area (Å²) in [7, 11) is -4.04. The standard InChI is InChI=1S/C24H27Cl2FN2O6S/c25-20-7-1-15(9-21(20)26)11-28-24(31)10-18-4-8-22-23(35-18)14-34-13-17(30)12-29(22)36(32,33)19-5-2-16(27)3-6-19/h1-3,5-7,9,17-18,22-23,30H,4,8,10-14H2,(H,28,31)/t17-,18+,22+,23-/m0/s1. The minimum absolute atomic E-state index is 0.0587. The minimum atomic E-state index is -4.04. The Hall–Kier alpha value is -1.79. The van der Waals surface area contributed by atoms with Crippen LogP contribution < -0.4 is 5.32 Å². The number of rotatable bonds is 6.